The predicted molar refractivity (Wildman–Crippen MR) is 55.4 cm³/mol. The van der Waals surface area contributed by atoms with E-state index < -0.39 is 0 Å². The quantitative estimate of drug-likeness (QED) is 0.786. The Morgan fingerprint density at radius 2 is 2.36 bits per heavy atom. The lowest BCUT2D eigenvalue weighted by Crippen LogP contribution is -2.24. The Hall–Kier alpha value is -1.40. The molecule has 0 amide bonds. The van der Waals surface area contributed by atoms with Crippen LogP contribution >= 0.6 is 0 Å². The van der Waals surface area contributed by atoms with Gasteiger partial charge in [-0.05, 0) is 25.6 Å². The molecule has 74 valence electrons. The molecule has 3 heteroatoms. The third-order valence-electron chi connectivity index (χ3n) is 2.33. The highest BCUT2D eigenvalue weighted by molar-refractivity contribution is 5.12. The van der Waals surface area contributed by atoms with Crippen LogP contribution in [0.25, 0.3) is 0 Å². The first-order chi connectivity index (χ1) is 6.83. The zero-order valence-corrected chi connectivity index (χ0v) is 8.57. The first-order valence-corrected chi connectivity index (χ1v) is 4.81. The molecule has 1 heterocycles. The van der Waals surface area contributed by atoms with E-state index in [9.17, 15) is 0 Å². The first-order valence-electron chi connectivity index (χ1n) is 4.81. The lowest BCUT2D eigenvalue weighted by molar-refractivity contribution is 0.440. The fraction of sp³-hybridized carbons (Fsp3) is 0.455. The third kappa shape index (κ3) is 2.30. The molecule has 0 saturated heterocycles. The van der Waals surface area contributed by atoms with Gasteiger partial charge in [0.05, 0.1) is 23.7 Å². The van der Waals surface area contributed by atoms with Crippen molar-refractivity contribution in [3.63, 3.8) is 0 Å². The van der Waals surface area contributed by atoms with Crippen molar-refractivity contribution >= 4 is 0 Å². The predicted octanol–water partition coefficient (Wildman–Crippen LogP) is 1.89. The van der Waals surface area contributed by atoms with E-state index in [1.165, 1.54) is 0 Å². The first kappa shape index (κ1) is 10.7. The molecule has 0 radical (unpaired) electrons. The second kappa shape index (κ2) is 5.36. The Morgan fingerprint density at radius 3 is 2.79 bits per heavy atom. The molecule has 1 N–H and O–H groups in total. The molecule has 3 nitrogen and oxygen atoms in total. The fourth-order valence-corrected chi connectivity index (χ4v) is 1.52. The molecule has 0 bridgehead atoms. The maximum atomic E-state index is 8.97. The standard InChI is InChI=1S/C11H15N3/c1-3-9(8-12)11(13-2)10-6-4-5-7-14-10/h4-7,9,11,13H,3H2,1-2H3. The van der Waals surface area contributed by atoms with Gasteiger partial charge < -0.3 is 5.32 Å². The van der Waals surface area contributed by atoms with Crippen LogP contribution in [0, 0.1) is 17.2 Å². The summed E-state index contributed by atoms with van der Waals surface area (Å²) in [5.41, 5.74) is 0.934. The van der Waals surface area contributed by atoms with Gasteiger partial charge in [0.25, 0.3) is 0 Å². The summed E-state index contributed by atoms with van der Waals surface area (Å²) in [6.45, 7) is 2.02. The molecular weight excluding hydrogens is 174 g/mol. The van der Waals surface area contributed by atoms with Gasteiger partial charge in [-0.1, -0.05) is 13.0 Å². The summed E-state index contributed by atoms with van der Waals surface area (Å²) in [6.07, 6.45) is 2.59. The second-order valence-electron chi connectivity index (χ2n) is 3.16. The molecule has 0 spiro atoms. The van der Waals surface area contributed by atoms with Crippen LogP contribution in [-0.2, 0) is 0 Å². The molecule has 0 saturated carbocycles. The Balaban J connectivity index is 2.88. The van der Waals surface area contributed by atoms with Gasteiger partial charge in [0.15, 0.2) is 0 Å². The number of nitrogens with one attached hydrogen (secondary N) is 1. The average molecular weight is 189 g/mol. The minimum atomic E-state index is -0.0186. The molecule has 1 aromatic heterocycles. The SMILES string of the molecule is CCC(C#N)C(NC)c1ccccn1. The van der Waals surface area contributed by atoms with Crippen LogP contribution in [0.4, 0.5) is 0 Å². The van der Waals surface area contributed by atoms with Gasteiger partial charge >= 0.3 is 0 Å². The molecule has 0 aliphatic carbocycles. The monoisotopic (exact) mass is 189 g/mol. The third-order valence-corrected chi connectivity index (χ3v) is 2.33. The fourth-order valence-electron chi connectivity index (χ4n) is 1.52. The highest BCUT2D eigenvalue weighted by Crippen LogP contribution is 2.21. The molecule has 14 heavy (non-hydrogen) atoms. The van der Waals surface area contributed by atoms with Gasteiger partial charge in [0, 0.05) is 6.20 Å². The molecule has 0 fully saturated rings. The van der Waals surface area contributed by atoms with Crippen LogP contribution in [0.1, 0.15) is 25.1 Å². The van der Waals surface area contributed by atoms with Crippen molar-refractivity contribution < 1.29 is 0 Å². The van der Waals surface area contributed by atoms with E-state index in [4.69, 9.17) is 5.26 Å². The molecule has 1 rings (SSSR count). The second-order valence-corrected chi connectivity index (χ2v) is 3.16. The van der Waals surface area contributed by atoms with Crippen molar-refractivity contribution in [1.82, 2.24) is 10.3 Å². The largest absolute Gasteiger partial charge is 0.311 e. The van der Waals surface area contributed by atoms with E-state index >= 15 is 0 Å². The van der Waals surface area contributed by atoms with E-state index in [-0.39, 0.29) is 12.0 Å². The minimum absolute atomic E-state index is 0.0186. The summed E-state index contributed by atoms with van der Waals surface area (Å²) in [5.74, 6) is -0.0186. The average Bonchev–Trinajstić information content (AvgIpc) is 2.27. The highest BCUT2D eigenvalue weighted by Gasteiger charge is 2.20. The van der Waals surface area contributed by atoms with E-state index in [1.807, 2.05) is 32.2 Å². The number of nitriles is 1. The van der Waals surface area contributed by atoms with Gasteiger partial charge in [0.1, 0.15) is 0 Å². The van der Waals surface area contributed by atoms with Gasteiger partial charge in [-0.25, -0.2) is 0 Å². The number of pyridine rings is 1. The highest BCUT2D eigenvalue weighted by atomic mass is 14.9. The molecular formula is C11H15N3. The summed E-state index contributed by atoms with van der Waals surface area (Å²) in [7, 11) is 1.86. The molecule has 0 aliphatic heterocycles. The number of rotatable bonds is 4. The normalized spacial score (nSPS) is 14.4. The summed E-state index contributed by atoms with van der Waals surface area (Å²) >= 11 is 0. The van der Waals surface area contributed by atoms with E-state index in [0.717, 1.165) is 12.1 Å². The maximum Gasteiger partial charge on any atom is 0.0676 e. The van der Waals surface area contributed by atoms with E-state index in [1.54, 1.807) is 6.20 Å². The Kier molecular flexibility index (Phi) is 4.09. The number of hydrogen-bond donors (Lipinski definition) is 1. The van der Waals surface area contributed by atoms with Crippen LogP contribution in [0.5, 0.6) is 0 Å². The van der Waals surface area contributed by atoms with Gasteiger partial charge in [-0.3, -0.25) is 4.98 Å². The lowest BCUT2D eigenvalue weighted by Gasteiger charge is -2.19. The van der Waals surface area contributed by atoms with Crippen molar-refractivity contribution in [2.24, 2.45) is 5.92 Å². The van der Waals surface area contributed by atoms with Crippen LogP contribution in [0.2, 0.25) is 0 Å². The molecule has 2 atom stereocenters. The van der Waals surface area contributed by atoms with Crippen molar-refractivity contribution in [2.45, 2.75) is 19.4 Å². The maximum absolute atomic E-state index is 8.97. The van der Waals surface area contributed by atoms with Crippen LogP contribution in [0.3, 0.4) is 0 Å². The van der Waals surface area contributed by atoms with Crippen molar-refractivity contribution in [3.8, 4) is 6.07 Å². The van der Waals surface area contributed by atoms with Gasteiger partial charge in [-0.15, -0.1) is 0 Å². The van der Waals surface area contributed by atoms with Gasteiger partial charge in [0.2, 0.25) is 0 Å². The van der Waals surface area contributed by atoms with E-state index in [2.05, 4.69) is 16.4 Å². The Morgan fingerprint density at radius 1 is 1.57 bits per heavy atom. The number of aromatic nitrogens is 1. The molecule has 0 aliphatic rings. The van der Waals surface area contributed by atoms with Gasteiger partial charge in [-0.2, -0.15) is 5.26 Å². The molecule has 2 unspecified atom stereocenters. The van der Waals surface area contributed by atoms with Crippen LogP contribution < -0.4 is 5.32 Å². The van der Waals surface area contributed by atoms with Crippen molar-refractivity contribution in [3.05, 3.63) is 30.1 Å². The van der Waals surface area contributed by atoms with Crippen molar-refractivity contribution in [2.75, 3.05) is 7.05 Å². The molecule has 0 aromatic carbocycles. The summed E-state index contributed by atoms with van der Waals surface area (Å²) in [4.78, 5) is 4.25. The summed E-state index contributed by atoms with van der Waals surface area (Å²) < 4.78 is 0. The minimum Gasteiger partial charge on any atom is -0.311 e. The van der Waals surface area contributed by atoms with Crippen molar-refractivity contribution in [1.29, 1.82) is 5.26 Å². The topological polar surface area (TPSA) is 48.7 Å². The zero-order valence-electron chi connectivity index (χ0n) is 8.57. The zero-order chi connectivity index (χ0) is 10.4. The summed E-state index contributed by atoms with van der Waals surface area (Å²) in [6, 6.07) is 8.10. The van der Waals surface area contributed by atoms with Crippen LogP contribution in [0.15, 0.2) is 24.4 Å². The number of hydrogen-bond acceptors (Lipinski definition) is 3. The van der Waals surface area contributed by atoms with Crippen LogP contribution in [-0.4, -0.2) is 12.0 Å². The molecule has 1 aromatic rings. The van der Waals surface area contributed by atoms with E-state index in [0.29, 0.717) is 0 Å². The lowest BCUT2D eigenvalue weighted by atomic mass is 9.95. The Labute approximate surface area is 84.8 Å². The Bertz CT molecular complexity index is 302. The number of nitrogens with zero attached hydrogens (tertiary/aromatic N) is 2. The smallest absolute Gasteiger partial charge is 0.0676 e. The summed E-state index contributed by atoms with van der Waals surface area (Å²) in [5, 5.41) is 12.1.